The van der Waals surface area contributed by atoms with Crippen molar-refractivity contribution in [1.29, 1.82) is 0 Å². The second-order valence-electron chi connectivity index (χ2n) is 10.1. The van der Waals surface area contributed by atoms with Crippen LogP contribution in [0, 0.1) is 5.92 Å². The summed E-state index contributed by atoms with van der Waals surface area (Å²) in [7, 11) is 0. The number of amides is 1. The lowest BCUT2D eigenvalue weighted by Gasteiger charge is -2.47. The minimum absolute atomic E-state index is 0.0772. The maximum absolute atomic E-state index is 13.1. The number of hydrogen-bond donors (Lipinski definition) is 1. The Morgan fingerprint density at radius 3 is 2.17 bits per heavy atom. The molecule has 1 heterocycles. The Morgan fingerprint density at radius 2 is 1.56 bits per heavy atom. The van der Waals surface area contributed by atoms with Gasteiger partial charge in [0.05, 0.1) is 11.1 Å². The van der Waals surface area contributed by atoms with Gasteiger partial charge in [0.15, 0.2) is 0 Å². The van der Waals surface area contributed by atoms with Crippen molar-refractivity contribution in [3.63, 3.8) is 0 Å². The second kappa shape index (κ2) is 8.94. The quantitative estimate of drug-likeness (QED) is 0.501. The molecule has 2 aromatic rings. The number of likely N-dealkylation sites (tertiary alicyclic amines) is 1. The van der Waals surface area contributed by atoms with Gasteiger partial charge in [0, 0.05) is 23.9 Å². The molecule has 1 N–H and O–H groups in total. The highest BCUT2D eigenvalue weighted by molar-refractivity contribution is 5.79. The molecule has 9 heteroatoms. The molecule has 3 aliphatic rings. The van der Waals surface area contributed by atoms with Gasteiger partial charge in [-0.3, -0.25) is 4.79 Å². The van der Waals surface area contributed by atoms with Gasteiger partial charge in [-0.1, -0.05) is 36.4 Å². The zero-order valence-electron chi connectivity index (χ0n) is 19.4. The summed E-state index contributed by atoms with van der Waals surface area (Å²) in [6.07, 6.45) is -2.03. The predicted molar refractivity (Wildman–Crippen MR) is 123 cm³/mol. The molecule has 0 aromatic heterocycles. The summed E-state index contributed by atoms with van der Waals surface area (Å²) in [5, 5.41) is 2.53. The van der Waals surface area contributed by atoms with Gasteiger partial charge in [-0.15, -0.1) is 0 Å². The highest BCUT2D eigenvalue weighted by Gasteiger charge is 2.43. The SMILES string of the molecule is O=C(NCc1cc(C(F)(F)F)cc(C(F)(F)F)c1)C1CC(N2CCC3(C=Cc4ccccc43)CC2)C1. The van der Waals surface area contributed by atoms with Crippen LogP contribution < -0.4 is 5.32 Å². The molecule has 2 aliphatic carbocycles. The van der Waals surface area contributed by atoms with Crippen molar-refractivity contribution in [2.24, 2.45) is 5.92 Å². The van der Waals surface area contributed by atoms with Crippen LogP contribution in [-0.2, 0) is 29.1 Å². The Balaban J connectivity index is 1.14. The van der Waals surface area contributed by atoms with Crippen LogP contribution in [0.15, 0.2) is 48.5 Å². The minimum Gasteiger partial charge on any atom is -0.352 e. The standard InChI is InChI=1S/C27H26F6N2O/c28-26(29,30)20-11-17(12-21(15-20)27(31,32)33)16-34-24(36)19-13-22(14-19)35-9-7-25(8-10-35)6-5-18-3-1-2-4-23(18)25/h1-6,11-12,15,19,22H,7-10,13-14,16H2,(H,34,36). The molecule has 36 heavy (non-hydrogen) atoms. The first-order chi connectivity index (χ1) is 16.9. The molecule has 3 nitrogen and oxygen atoms in total. The first kappa shape index (κ1) is 24.9. The Bertz CT molecular complexity index is 1140. The number of carbonyl (C=O) groups is 1. The van der Waals surface area contributed by atoms with Crippen LogP contribution in [0.4, 0.5) is 26.3 Å². The summed E-state index contributed by atoms with van der Waals surface area (Å²) in [6.45, 7) is 1.45. The monoisotopic (exact) mass is 508 g/mol. The van der Waals surface area contributed by atoms with Crippen molar-refractivity contribution in [1.82, 2.24) is 10.2 Å². The average Bonchev–Trinajstić information content (AvgIpc) is 3.15. The number of allylic oxidation sites excluding steroid dienone is 1. The van der Waals surface area contributed by atoms with Crippen LogP contribution in [0.25, 0.3) is 6.08 Å². The van der Waals surface area contributed by atoms with Crippen molar-refractivity contribution in [2.45, 2.75) is 56.0 Å². The number of alkyl halides is 6. The summed E-state index contributed by atoms with van der Waals surface area (Å²) < 4.78 is 78.3. The Morgan fingerprint density at radius 1 is 0.944 bits per heavy atom. The number of fused-ring (bicyclic) bond motifs is 2. The third kappa shape index (κ3) is 4.77. The molecule has 1 spiro atoms. The van der Waals surface area contributed by atoms with E-state index < -0.39 is 23.5 Å². The van der Waals surface area contributed by atoms with Gasteiger partial charge in [0.25, 0.3) is 0 Å². The van der Waals surface area contributed by atoms with Crippen LogP contribution in [0.3, 0.4) is 0 Å². The molecule has 1 saturated heterocycles. The number of nitrogens with one attached hydrogen (secondary N) is 1. The first-order valence-electron chi connectivity index (χ1n) is 12.0. The third-order valence-electron chi connectivity index (χ3n) is 7.88. The number of benzene rings is 2. The number of halogens is 6. The van der Waals surface area contributed by atoms with E-state index in [4.69, 9.17) is 0 Å². The number of nitrogens with zero attached hydrogens (tertiary/aromatic N) is 1. The first-order valence-corrected chi connectivity index (χ1v) is 12.0. The van der Waals surface area contributed by atoms with E-state index in [1.165, 1.54) is 11.1 Å². The molecule has 1 saturated carbocycles. The smallest absolute Gasteiger partial charge is 0.352 e. The number of piperidine rings is 1. The zero-order chi connectivity index (χ0) is 25.7. The second-order valence-corrected chi connectivity index (χ2v) is 10.1. The fourth-order valence-corrected chi connectivity index (χ4v) is 5.71. The molecule has 1 amide bonds. The van der Waals surface area contributed by atoms with Gasteiger partial charge in [-0.25, -0.2) is 0 Å². The summed E-state index contributed by atoms with van der Waals surface area (Å²) in [6, 6.07) is 10.1. The molecule has 0 radical (unpaired) electrons. The van der Waals surface area contributed by atoms with Gasteiger partial charge < -0.3 is 10.2 Å². The molecular weight excluding hydrogens is 482 g/mol. The lowest BCUT2D eigenvalue weighted by molar-refractivity contribution is -0.143. The van der Waals surface area contributed by atoms with Gasteiger partial charge in [0.1, 0.15) is 0 Å². The van der Waals surface area contributed by atoms with E-state index in [0.29, 0.717) is 25.0 Å². The zero-order valence-corrected chi connectivity index (χ0v) is 19.4. The van der Waals surface area contributed by atoms with Crippen molar-refractivity contribution >= 4 is 12.0 Å². The predicted octanol–water partition coefficient (Wildman–Crippen LogP) is 6.18. The van der Waals surface area contributed by atoms with Gasteiger partial charge in [-0.2, -0.15) is 26.3 Å². The Hall–Kier alpha value is -2.81. The largest absolute Gasteiger partial charge is 0.416 e. The fourth-order valence-electron chi connectivity index (χ4n) is 5.71. The van der Waals surface area contributed by atoms with Gasteiger partial charge >= 0.3 is 12.4 Å². The lowest BCUT2D eigenvalue weighted by atomic mass is 9.72. The third-order valence-corrected chi connectivity index (χ3v) is 7.88. The highest BCUT2D eigenvalue weighted by atomic mass is 19.4. The van der Waals surface area contributed by atoms with Gasteiger partial charge in [0.2, 0.25) is 5.91 Å². The maximum Gasteiger partial charge on any atom is 0.416 e. The molecule has 5 rings (SSSR count). The van der Waals surface area contributed by atoms with Crippen molar-refractivity contribution in [2.75, 3.05) is 13.1 Å². The molecular formula is C27H26F6N2O. The van der Waals surface area contributed by atoms with E-state index in [-0.39, 0.29) is 41.5 Å². The van der Waals surface area contributed by atoms with Crippen molar-refractivity contribution < 1.29 is 31.1 Å². The normalized spacial score (nSPS) is 23.4. The number of carbonyl (C=O) groups excluding carboxylic acids is 1. The highest BCUT2D eigenvalue weighted by Crippen LogP contribution is 2.45. The van der Waals surface area contributed by atoms with E-state index >= 15 is 0 Å². The van der Waals surface area contributed by atoms with Crippen LogP contribution in [-0.4, -0.2) is 29.9 Å². The minimum atomic E-state index is -4.91. The number of rotatable bonds is 4. The summed E-state index contributed by atoms with van der Waals surface area (Å²) in [5.74, 6) is -0.621. The molecule has 2 fully saturated rings. The molecule has 192 valence electrons. The van der Waals surface area contributed by atoms with Crippen LogP contribution in [0.5, 0.6) is 0 Å². The van der Waals surface area contributed by atoms with E-state index in [2.05, 4.69) is 40.6 Å². The Kier molecular flexibility index (Phi) is 6.17. The summed E-state index contributed by atoms with van der Waals surface area (Å²) >= 11 is 0. The van der Waals surface area contributed by atoms with Crippen LogP contribution in [0.2, 0.25) is 0 Å². The molecule has 0 unspecified atom stereocenters. The van der Waals surface area contributed by atoms with Crippen molar-refractivity contribution in [3.05, 3.63) is 76.4 Å². The van der Waals surface area contributed by atoms with E-state index in [9.17, 15) is 31.1 Å². The number of hydrogen-bond acceptors (Lipinski definition) is 2. The van der Waals surface area contributed by atoms with Gasteiger partial charge in [-0.05, 0) is 73.7 Å². The maximum atomic E-state index is 13.1. The average molecular weight is 509 g/mol. The Labute approximate surface area is 205 Å². The van der Waals surface area contributed by atoms with E-state index in [0.717, 1.165) is 25.9 Å². The molecule has 2 aromatic carbocycles. The summed E-state index contributed by atoms with van der Waals surface area (Å²) in [4.78, 5) is 14.9. The summed E-state index contributed by atoms with van der Waals surface area (Å²) in [5.41, 5.74) is -0.269. The molecule has 0 bridgehead atoms. The fraction of sp³-hybridized carbons (Fsp3) is 0.444. The van der Waals surface area contributed by atoms with E-state index in [1.807, 2.05) is 6.07 Å². The molecule has 0 atom stereocenters. The van der Waals surface area contributed by atoms with Crippen LogP contribution >= 0.6 is 0 Å². The van der Waals surface area contributed by atoms with E-state index in [1.54, 1.807) is 0 Å². The molecule has 1 aliphatic heterocycles. The van der Waals surface area contributed by atoms with Crippen LogP contribution in [0.1, 0.15) is 53.5 Å². The topological polar surface area (TPSA) is 32.3 Å². The van der Waals surface area contributed by atoms with Crippen molar-refractivity contribution in [3.8, 4) is 0 Å². The lowest BCUT2D eigenvalue weighted by Crippen LogP contribution is -2.53.